The number of sulfonamides is 2. The van der Waals surface area contributed by atoms with E-state index in [1.165, 1.54) is 23.5 Å². The van der Waals surface area contributed by atoms with Crippen molar-refractivity contribution in [3.8, 4) is 0 Å². The topological polar surface area (TPSA) is 74.8 Å². The molecule has 0 unspecified atom stereocenters. The summed E-state index contributed by atoms with van der Waals surface area (Å²) in [5.41, 5.74) is -11.2. The van der Waals surface area contributed by atoms with Crippen molar-refractivity contribution < 1.29 is 43.2 Å². The molecule has 3 rings (SSSR count). The highest BCUT2D eigenvalue weighted by Gasteiger charge is 2.51. The first kappa shape index (κ1) is 36.9. The fourth-order valence-corrected chi connectivity index (χ4v) is 16.6. The van der Waals surface area contributed by atoms with Crippen LogP contribution in [0.3, 0.4) is 0 Å². The Morgan fingerprint density at radius 1 is 0.585 bits per heavy atom. The number of thioether (sulfide) groups is 8. The quantitative estimate of drug-likeness (QED) is 0.260. The zero-order chi connectivity index (χ0) is 30.6. The van der Waals surface area contributed by atoms with Gasteiger partial charge >= 0.3 is 31.1 Å². The monoisotopic (exact) mass is 778 g/mol. The average molecular weight is 779 g/mol. The number of hydrogen-bond donors (Lipinski definition) is 0. The van der Waals surface area contributed by atoms with Crippen LogP contribution in [0.1, 0.15) is 19.3 Å². The molecule has 3 heterocycles. The maximum Gasteiger partial charge on any atom is 0.511 e. The van der Waals surface area contributed by atoms with Gasteiger partial charge in [0.05, 0.1) is 25.4 Å². The van der Waals surface area contributed by atoms with Crippen LogP contribution in [0.25, 0.3) is 0 Å². The first-order valence-corrected chi connectivity index (χ1v) is 22.0. The van der Waals surface area contributed by atoms with Crippen molar-refractivity contribution in [3.05, 3.63) is 25.4 Å². The van der Waals surface area contributed by atoms with Crippen LogP contribution in [-0.2, 0) is 20.0 Å². The number of rotatable bonds is 4. The highest BCUT2D eigenvalue weighted by atomic mass is 32.3. The summed E-state index contributed by atoms with van der Waals surface area (Å²) >= 11 is 12.2. The van der Waals surface area contributed by atoms with Crippen LogP contribution in [0, 0.1) is 0 Å². The molecule has 0 aliphatic carbocycles. The number of alkyl halides is 6. The standard InChI is InChI=1S/C19H24F6N2O4S10/c1-32-12-14-34-10-4-8-26(40(28,29)18(20,21)22)6-3-7-27(41(30,31)19(23,24)25)9-5-11-35-15-13(33-2)37-17(39-15)16(36-12)38-14/h3-11H2,1-2H3/b17-16-. The summed E-state index contributed by atoms with van der Waals surface area (Å²) in [6, 6.07) is 0. The lowest BCUT2D eigenvalue weighted by Gasteiger charge is -2.26. The Bertz CT molecular complexity index is 1190. The van der Waals surface area contributed by atoms with E-state index in [0.29, 0.717) is 11.5 Å². The predicted molar refractivity (Wildman–Crippen MR) is 170 cm³/mol. The average Bonchev–Trinajstić information content (AvgIpc) is 3.48. The molecule has 4 bridgehead atoms. The van der Waals surface area contributed by atoms with E-state index < -0.39 is 63.7 Å². The second kappa shape index (κ2) is 15.3. The van der Waals surface area contributed by atoms with Crippen molar-refractivity contribution in [1.29, 1.82) is 0 Å². The Morgan fingerprint density at radius 3 is 1.24 bits per heavy atom. The largest absolute Gasteiger partial charge is 0.511 e. The molecule has 0 N–H and O–H groups in total. The molecule has 3 aliphatic heterocycles. The Kier molecular flexibility index (Phi) is 13.8. The van der Waals surface area contributed by atoms with Gasteiger partial charge < -0.3 is 0 Å². The summed E-state index contributed by atoms with van der Waals surface area (Å²) in [5.74, 6) is 0.618. The van der Waals surface area contributed by atoms with Crippen molar-refractivity contribution in [3.63, 3.8) is 0 Å². The van der Waals surface area contributed by atoms with Gasteiger partial charge in [-0.3, -0.25) is 0 Å². The zero-order valence-electron chi connectivity index (χ0n) is 21.2. The lowest BCUT2D eigenvalue weighted by Crippen LogP contribution is -2.45. The molecule has 0 aromatic heterocycles. The fourth-order valence-electron chi connectivity index (χ4n) is 3.37. The smallest absolute Gasteiger partial charge is 0.203 e. The van der Waals surface area contributed by atoms with E-state index in [1.54, 1.807) is 70.6 Å². The highest BCUT2D eigenvalue weighted by Crippen LogP contribution is 2.65. The molecule has 0 aromatic carbocycles. The molecular weight excluding hydrogens is 755 g/mol. The molecule has 236 valence electrons. The van der Waals surface area contributed by atoms with E-state index in [2.05, 4.69) is 0 Å². The normalized spacial score (nSPS) is 24.5. The van der Waals surface area contributed by atoms with Gasteiger partial charge in [-0.15, -0.1) is 47.0 Å². The molecule has 0 radical (unpaired) electrons. The van der Waals surface area contributed by atoms with E-state index in [4.69, 9.17) is 0 Å². The van der Waals surface area contributed by atoms with E-state index in [9.17, 15) is 43.2 Å². The number of fused-ring (bicyclic) bond motifs is 4. The zero-order valence-corrected chi connectivity index (χ0v) is 29.4. The molecule has 0 amide bonds. The van der Waals surface area contributed by atoms with Crippen molar-refractivity contribution in [2.45, 2.75) is 30.3 Å². The number of halogens is 6. The van der Waals surface area contributed by atoms with E-state index in [1.807, 2.05) is 12.5 Å². The second-order valence-corrected chi connectivity index (χ2v) is 21.3. The Hall–Kier alpha value is 1.42. The van der Waals surface area contributed by atoms with E-state index in [0.717, 1.165) is 25.4 Å². The van der Waals surface area contributed by atoms with Gasteiger partial charge in [-0.25, -0.2) is 16.8 Å². The molecular formula is C19H24F6N2O4S10. The lowest BCUT2D eigenvalue weighted by atomic mass is 10.4. The summed E-state index contributed by atoms with van der Waals surface area (Å²) in [4.78, 5) is 0. The minimum atomic E-state index is -5.77. The minimum Gasteiger partial charge on any atom is -0.203 e. The minimum absolute atomic E-state index is 0.0509. The molecule has 0 atom stereocenters. The second-order valence-electron chi connectivity index (χ2n) is 8.00. The van der Waals surface area contributed by atoms with Crippen LogP contribution in [0.5, 0.6) is 0 Å². The van der Waals surface area contributed by atoms with Crippen molar-refractivity contribution in [1.82, 2.24) is 8.61 Å². The van der Waals surface area contributed by atoms with Gasteiger partial charge in [0.2, 0.25) is 0 Å². The van der Waals surface area contributed by atoms with E-state index >= 15 is 0 Å². The third kappa shape index (κ3) is 9.25. The molecule has 3 aliphatic rings. The van der Waals surface area contributed by atoms with Gasteiger partial charge in [0, 0.05) is 26.2 Å². The van der Waals surface area contributed by atoms with Gasteiger partial charge in [-0.1, -0.05) is 47.0 Å². The Balaban J connectivity index is 1.88. The summed E-state index contributed by atoms with van der Waals surface area (Å²) in [5, 5.41) is 0. The van der Waals surface area contributed by atoms with Crippen molar-refractivity contribution in [2.75, 3.05) is 50.2 Å². The number of hydrogen-bond acceptors (Lipinski definition) is 12. The first-order chi connectivity index (χ1) is 19.0. The van der Waals surface area contributed by atoms with Crippen LogP contribution in [0.15, 0.2) is 25.4 Å². The Morgan fingerprint density at radius 2 is 0.927 bits per heavy atom. The van der Waals surface area contributed by atoms with Crippen LogP contribution >= 0.6 is 94.1 Å². The van der Waals surface area contributed by atoms with Gasteiger partial charge in [0.1, 0.15) is 0 Å². The van der Waals surface area contributed by atoms with Crippen molar-refractivity contribution >= 4 is 114 Å². The SMILES string of the molecule is CSC1=C2SCCCN(S(=O)(=O)C(F)(F)F)CCCN(S(=O)(=O)C(F)(F)F)CCCSC3=C(SC)S/C(=C(\S1)S2)S3. The summed E-state index contributed by atoms with van der Waals surface area (Å²) < 4.78 is 136. The molecule has 0 saturated heterocycles. The Labute approximate surface area is 269 Å². The predicted octanol–water partition coefficient (Wildman–Crippen LogP) is 8.01. The van der Waals surface area contributed by atoms with Gasteiger partial charge in [0.25, 0.3) is 0 Å². The fraction of sp³-hybridized carbons (Fsp3) is 0.684. The first-order valence-electron chi connectivity index (χ1n) is 11.4. The molecule has 41 heavy (non-hydrogen) atoms. The highest BCUT2D eigenvalue weighted by molar-refractivity contribution is 8.45. The van der Waals surface area contributed by atoms with Gasteiger partial charge in [-0.05, 0) is 43.3 Å². The van der Waals surface area contributed by atoms with Gasteiger partial charge in [0.15, 0.2) is 0 Å². The maximum absolute atomic E-state index is 13.4. The third-order valence-electron chi connectivity index (χ3n) is 5.26. The molecule has 0 aromatic rings. The maximum atomic E-state index is 13.4. The van der Waals surface area contributed by atoms with Crippen LogP contribution in [0.4, 0.5) is 26.3 Å². The summed E-state index contributed by atoms with van der Waals surface area (Å²) in [7, 11) is -11.5. The van der Waals surface area contributed by atoms with Crippen LogP contribution in [-0.4, -0.2) is 86.7 Å². The van der Waals surface area contributed by atoms with Crippen LogP contribution < -0.4 is 0 Å². The van der Waals surface area contributed by atoms with Gasteiger partial charge in [-0.2, -0.15) is 35.0 Å². The third-order valence-corrected chi connectivity index (χ3v) is 20.0. The molecule has 6 nitrogen and oxygen atoms in total. The molecule has 0 saturated carbocycles. The van der Waals surface area contributed by atoms with Crippen LogP contribution in [0.2, 0.25) is 0 Å². The molecule has 0 fully saturated rings. The summed E-state index contributed by atoms with van der Waals surface area (Å²) in [6.07, 6.45) is 3.42. The molecule has 0 spiro atoms. The number of nitrogens with zero attached hydrogens (tertiary/aromatic N) is 2. The molecule has 22 heteroatoms. The van der Waals surface area contributed by atoms with Crippen molar-refractivity contribution in [2.24, 2.45) is 0 Å². The van der Waals surface area contributed by atoms with E-state index in [-0.39, 0.29) is 21.5 Å². The lowest BCUT2D eigenvalue weighted by molar-refractivity contribution is -0.0491. The summed E-state index contributed by atoms with van der Waals surface area (Å²) in [6.45, 7) is -2.58.